The molecule has 0 bridgehead atoms. The lowest BCUT2D eigenvalue weighted by Gasteiger charge is -2.31. The van der Waals surface area contributed by atoms with Crippen LogP contribution in [-0.2, 0) is 4.79 Å². The number of hydrogen-bond donors (Lipinski definition) is 0. The van der Waals surface area contributed by atoms with Gasteiger partial charge in [-0.1, -0.05) is 13.0 Å². The van der Waals surface area contributed by atoms with Crippen molar-refractivity contribution in [3.63, 3.8) is 0 Å². The molecule has 1 saturated heterocycles. The molecule has 2 rings (SSSR count). The van der Waals surface area contributed by atoms with Crippen LogP contribution in [0.4, 0.5) is 0 Å². The molecule has 1 heterocycles. The lowest BCUT2D eigenvalue weighted by atomic mass is 9.97. The van der Waals surface area contributed by atoms with E-state index in [0.29, 0.717) is 18.9 Å². The van der Waals surface area contributed by atoms with Crippen molar-refractivity contribution in [3.8, 4) is 11.8 Å². The Hall–Kier alpha value is -2.02. The van der Waals surface area contributed by atoms with Crippen molar-refractivity contribution in [2.24, 2.45) is 11.8 Å². The number of piperidine rings is 1. The van der Waals surface area contributed by atoms with Crippen molar-refractivity contribution in [2.75, 3.05) is 19.7 Å². The van der Waals surface area contributed by atoms with Crippen LogP contribution in [0, 0.1) is 37.0 Å². The Morgan fingerprint density at radius 1 is 1.35 bits per heavy atom. The summed E-state index contributed by atoms with van der Waals surface area (Å²) in [5.74, 6) is 0.828. The monoisotopic (exact) mass is 314 g/mol. The van der Waals surface area contributed by atoms with Gasteiger partial charge in [-0.3, -0.25) is 4.79 Å². The Bertz CT molecular complexity index is 584. The number of likely N-dealkylation sites (tertiary alicyclic amines) is 1. The van der Waals surface area contributed by atoms with Crippen molar-refractivity contribution in [3.05, 3.63) is 29.3 Å². The molecule has 1 aromatic carbocycles. The lowest BCUT2D eigenvalue weighted by Crippen LogP contribution is -2.41. The van der Waals surface area contributed by atoms with Crippen LogP contribution in [0.3, 0.4) is 0 Å². The number of carbonyl (C=O) groups is 1. The molecule has 0 spiro atoms. The fraction of sp³-hybridized carbons (Fsp3) is 0.579. The van der Waals surface area contributed by atoms with Crippen LogP contribution in [-0.4, -0.2) is 30.5 Å². The third kappa shape index (κ3) is 4.72. The second-order valence-corrected chi connectivity index (χ2v) is 6.57. The summed E-state index contributed by atoms with van der Waals surface area (Å²) in [7, 11) is 0. The molecule has 1 atom stereocenters. The molecule has 23 heavy (non-hydrogen) atoms. The minimum atomic E-state index is -0.602. The van der Waals surface area contributed by atoms with E-state index in [2.05, 4.69) is 19.9 Å². The quantitative estimate of drug-likeness (QED) is 0.836. The molecular formula is C19H26N2O2. The summed E-state index contributed by atoms with van der Waals surface area (Å²) in [6.45, 7) is 8.24. The Morgan fingerprint density at radius 3 is 2.65 bits per heavy atom. The first-order chi connectivity index (χ1) is 11.0. The largest absolute Gasteiger partial charge is 0.494 e. The SMILES string of the molecule is Cc1ccc(OCCC(C#N)C(=O)N2CCC(C)CC2)cc1C. The van der Waals surface area contributed by atoms with Gasteiger partial charge in [-0.2, -0.15) is 5.26 Å². The number of rotatable bonds is 5. The average molecular weight is 314 g/mol. The van der Waals surface area contributed by atoms with Crippen LogP contribution in [0.5, 0.6) is 5.75 Å². The van der Waals surface area contributed by atoms with Gasteiger partial charge in [0.2, 0.25) is 5.91 Å². The van der Waals surface area contributed by atoms with Crippen LogP contribution in [0.15, 0.2) is 18.2 Å². The van der Waals surface area contributed by atoms with E-state index >= 15 is 0 Å². The molecule has 0 saturated carbocycles. The molecule has 0 aromatic heterocycles. The Kier molecular flexibility index (Phi) is 6.04. The third-order valence-electron chi connectivity index (χ3n) is 4.70. The highest BCUT2D eigenvalue weighted by atomic mass is 16.5. The van der Waals surface area contributed by atoms with Gasteiger partial charge in [-0.15, -0.1) is 0 Å². The number of benzene rings is 1. The van der Waals surface area contributed by atoms with E-state index in [0.717, 1.165) is 31.7 Å². The molecule has 0 N–H and O–H groups in total. The topological polar surface area (TPSA) is 53.3 Å². The number of carbonyl (C=O) groups excluding carboxylic acids is 1. The molecule has 4 nitrogen and oxygen atoms in total. The maximum Gasteiger partial charge on any atom is 0.240 e. The summed E-state index contributed by atoms with van der Waals surface area (Å²) in [6, 6.07) is 8.08. The van der Waals surface area contributed by atoms with Crippen molar-refractivity contribution in [1.29, 1.82) is 5.26 Å². The summed E-state index contributed by atoms with van der Waals surface area (Å²) in [6.07, 6.45) is 2.50. The average Bonchev–Trinajstić information content (AvgIpc) is 2.55. The van der Waals surface area contributed by atoms with Crippen LogP contribution in [0.1, 0.15) is 37.3 Å². The standard InChI is InChI=1S/C19H26N2O2/c1-14-6-9-21(10-7-14)19(22)17(13-20)8-11-23-18-5-4-15(2)16(3)12-18/h4-5,12,14,17H,6-11H2,1-3H3. The molecular weight excluding hydrogens is 288 g/mol. The van der Waals surface area contributed by atoms with Crippen LogP contribution >= 0.6 is 0 Å². The van der Waals surface area contributed by atoms with Crippen molar-refractivity contribution >= 4 is 5.91 Å². The summed E-state index contributed by atoms with van der Waals surface area (Å²) >= 11 is 0. The van der Waals surface area contributed by atoms with Gasteiger partial charge < -0.3 is 9.64 Å². The summed E-state index contributed by atoms with van der Waals surface area (Å²) in [5.41, 5.74) is 2.40. The van der Waals surface area contributed by atoms with Gasteiger partial charge in [0.05, 0.1) is 12.7 Å². The van der Waals surface area contributed by atoms with Gasteiger partial charge in [0.25, 0.3) is 0 Å². The minimum absolute atomic E-state index is 0.0388. The highest BCUT2D eigenvalue weighted by molar-refractivity contribution is 5.81. The van der Waals surface area contributed by atoms with Gasteiger partial charge in [0.1, 0.15) is 11.7 Å². The Morgan fingerprint density at radius 2 is 2.04 bits per heavy atom. The van der Waals surface area contributed by atoms with Crippen molar-refractivity contribution < 1.29 is 9.53 Å². The Labute approximate surface area is 139 Å². The summed E-state index contributed by atoms with van der Waals surface area (Å²) in [4.78, 5) is 14.3. The first-order valence-corrected chi connectivity index (χ1v) is 8.39. The van der Waals surface area contributed by atoms with Gasteiger partial charge in [-0.05, 0) is 55.9 Å². The molecule has 1 aliphatic heterocycles. The molecule has 1 aliphatic rings. The van der Waals surface area contributed by atoms with Crippen LogP contribution < -0.4 is 4.74 Å². The number of nitrogens with zero attached hydrogens (tertiary/aromatic N) is 2. The molecule has 0 aliphatic carbocycles. The van der Waals surface area contributed by atoms with Gasteiger partial charge in [0, 0.05) is 19.5 Å². The Balaban J connectivity index is 1.83. The third-order valence-corrected chi connectivity index (χ3v) is 4.70. The number of nitriles is 1. The highest BCUT2D eigenvalue weighted by Gasteiger charge is 2.27. The van der Waals surface area contributed by atoms with Crippen LogP contribution in [0.2, 0.25) is 0 Å². The van der Waals surface area contributed by atoms with E-state index in [1.54, 1.807) is 0 Å². The number of ether oxygens (including phenoxy) is 1. The summed E-state index contributed by atoms with van der Waals surface area (Å²) < 4.78 is 5.71. The maximum atomic E-state index is 12.4. The zero-order valence-electron chi connectivity index (χ0n) is 14.3. The van der Waals surface area contributed by atoms with E-state index < -0.39 is 5.92 Å². The van der Waals surface area contributed by atoms with E-state index in [4.69, 9.17) is 4.74 Å². The van der Waals surface area contributed by atoms with E-state index in [1.807, 2.05) is 30.0 Å². The van der Waals surface area contributed by atoms with E-state index in [1.165, 1.54) is 11.1 Å². The lowest BCUT2D eigenvalue weighted by molar-refractivity contribution is -0.135. The van der Waals surface area contributed by atoms with Gasteiger partial charge in [0.15, 0.2) is 0 Å². The smallest absolute Gasteiger partial charge is 0.240 e. The fourth-order valence-corrected chi connectivity index (χ4v) is 2.79. The molecule has 1 aromatic rings. The zero-order chi connectivity index (χ0) is 16.8. The predicted octanol–water partition coefficient (Wildman–Crippen LogP) is 3.47. The van der Waals surface area contributed by atoms with Gasteiger partial charge >= 0.3 is 0 Å². The van der Waals surface area contributed by atoms with Gasteiger partial charge in [-0.25, -0.2) is 0 Å². The minimum Gasteiger partial charge on any atom is -0.494 e. The second-order valence-electron chi connectivity index (χ2n) is 6.57. The molecule has 1 amide bonds. The molecule has 1 fully saturated rings. The second kappa shape index (κ2) is 8.01. The molecule has 0 radical (unpaired) electrons. The van der Waals surface area contributed by atoms with Crippen molar-refractivity contribution in [1.82, 2.24) is 4.90 Å². The highest BCUT2D eigenvalue weighted by Crippen LogP contribution is 2.20. The normalized spacial score (nSPS) is 16.7. The fourth-order valence-electron chi connectivity index (χ4n) is 2.79. The van der Waals surface area contributed by atoms with E-state index in [-0.39, 0.29) is 5.91 Å². The first-order valence-electron chi connectivity index (χ1n) is 8.39. The number of amides is 1. The van der Waals surface area contributed by atoms with E-state index in [9.17, 15) is 10.1 Å². The molecule has 4 heteroatoms. The maximum absolute atomic E-state index is 12.4. The predicted molar refractivity (Wildman–Crippen MR) is 90.1 cm³/mol. The summed E-state index contributed by atoms with van der Waals surface area (Å²) in [5, 5.41) is 9.30. The van der Waals surface area contributed by atoms with Crippen LogP contribution in [0.25, 0.3) is 0 Å². The molecule has 1 unspecified atom stereocenters. The number of hydrogen-bond acceptors (Lipinski definition) is 3. The first kappa shape index (κ1) is 17.3. The molecule has 124 valence electrons. The van der Waals surface area contributed by atoms with Crippen molar-refractivity contribution in [2.45, 2.75) is 40.0 Å². The number of aryl methyl sites for hydroxylation is 2. The zero-order valence-corrected chi connectivity index (χ0v) is 14.3.